The molecule has 0 saturated carbocycles. The summed E-state index contributed by atoms with van der Waals surface area (Å²) in [5, 5.41) is 2.90. The fourth-order valence-electron chi connectivity index (χ4n) is 4.00. The van der Waals surface area contributed by atoms with Gasteiger partial charge in [-0.1, -0.05) is 27.7 Å². The second-order valence-corrected chi connectivity index (χ2v) is 12.4. The Morgan fingerprint density at radius 3 is 2.02 bits per heavy atom. The van der Waals surface area contributed by atoms with Gasteiger partial charge in [0.05, 0.1) is 12.8 Å². The van der Waals surface area contributed by atoms with Gasteiger partial charge in [0.1, 0.15) is 32.9 Å². The highest BCUT2D eigenvalue weighted by Gasteiger charge is 2.40. The molecule has 2 amide bonds. The highest BCUT2D eigenvalue weighted by Crippen LogP contribution is 2.38. The molecule has 0 unspecified atom stereocenters. The molecule has 0 radical (unpaired) electrons. The van der Waals surface area contributed by atoms with Gasteiger partial charge in [0.15, 0.2) is 0 Å². The first-order valence-electron chi connectivity index (χ1n) is 12.1. The number of amides is 2. The highest BCUT2D eigenvalue weighted by molar-refractivity contribution is 9.10. The van der Waals surface area contributed by atoms with Crippen LogP contribution in [0.1, 0.15) is 0 Å². The maximum atomic E-state index is 13.5. The second kappa shape index (κ2) is 12.0. The van der Waals surface area contributed by atoms with Crippen molar-refractivity contribution in [2.75, 3.05) is 22.0 Å². The Hall–Kier alpha value is -4.20. The van der Waals surface area contributed by atoms with Crippen molar-refractivity contribution in [3.63, 3.8) is 0 Å². The number of benzene rings is 4. The van der Waals surface area contributed by atoms with E-state index >= 15 is 0 Å². The molecular weight excluding hydrogens is 652 g/mol. The van der Waals surface area contributed by atoms with Gasteiger partial charge in [-0.25, -0.2) is 22.1 Å². The topological polar surface area (TPSA) is 105 Å². The number of nitrogens with zero attached hydrogens (tertiary/aromatic N) is 1. The Morgan fingerprint density at radius 2 is 1.40 bits per heavy atom. The molecule has 214 valence electrons. The van der Waals surface area contributed by atoms with Crippen molar-refractivity contribution in [3.05, 3.63) is 118 Å². The van der Waals surface area contributed by atoms with Crippen LogP contribution >= 0.6 is 27.7 Å². The number of carbonyl (C=O) groups is 2. The Labute approximate surface area is 252 Å². The van der Waals surface area contributed by atoms with Gasteiger partial charge in [-0.2, -0.15) is 0 Å². The van der Waals surface area contributed by atoms with Crippen molar-refractivity contribution in [1.82, 2.24) is 0 Å². The van der Waals surface area contributed by atoms with Crippen molar-refractivity contribution in [2.45, 2.75) is 9.79 Å². The molecule has 0 atom stereocenters. The van der Waals surface area contributed by atoms with Crippen LogP contribution in [-0.4, -0.2) is 27.3 Å². The largest absolute Gasteiger partial charge is 0.495 e. The summed E-state index contributed by atoms with van der Waals surface area (Å²) in [6, 6.07) is 21.0. The Bertz CT molecular complexity index is 1820. The molecule has 4 aromatic carbocycles. The highest BCUT2D eigenvalue weighted by atomic mass is 79.9. The molecule has 0 fully saturated rings. The number of carbonyl (C=O) groups excluding carboxylic acids is 2. The summed E-state index contributed by atoms with van der Waals surface area (Å²) < 4.78 is 61.3. The lowest BCUT2D eigenvalue weighted by Crippen LogP contribution is -2.32. The molecule has 4 aromatic rings. The minimum absolute atomic E-state index is 0.0425. The number of hydrogen-bond donors (Lipinski definition) is 2. The van der Waals surface area contributed by atoms with E-state index in [1.165, 1.54) is 67.8 Å². The molecular formula is C29H20BrF2N3O5S2. The predicted molar refractivity (Wildman–Crippen MR) is 160 cm³/mol. The van der Waals surface area contributed by atoms with Gasteiger partial charge in [0, 0.05) is 20.7 Å². The van der Waals surface area contributed by atoms with Crippen LogP contribution < -0.4 is 19.7 Å². The van der Waals surface area contributed by atoms with Gasteiger partial charge in [-0.15, -0.1) is 0 Å². The Kier molecular flexibility index (Phi) is 8.34. The zero-order valence-corrected chi connectivity index (χ0v) is 24.8. The van der Waals surface area contributed by atoms with E-state index in [-0.39, 0.29) is 32.6 Å². The number of halogens is 3. The maximum Gasteiger partial charge on any atom is 0.283 e. The van der Waals surface area contributed by atoms with E-state index in [1.807, 2.05) is 0 Å². The van der Waals surface area contributed by atoms with E-state index in [9.17, 15) is 26.8 Å². The third-order valence-electron chi connectivity index (χ3n) is 5.98. The molecule has 0 aromatic heterocycles. The van der Waals surface area contributed by atoms with Crippen LogP contribution in [0, 0.1) is 11.6 Å². The van der Waals surface area contributed by atoms with Gasteiger partial charge in [0.2, 0.25) is 0 Å². The lowest BCUT2D eigenvalue weighted by atomic mass is 10.2. The quantitative estimate of drug-likeness (QED) is 0.195. The molecule has 0 bridgehead atoms. The number of methoxy groups -OCH3 is 1. The van der Waals surface area contributed by atoms with E-state index in [4.69, 9.17) is 4.74 Å². The molecule has 0 spiro atoms. The monoisotopic (exact) mass is 671 g/mol. The van der Waals surface area contributed by atoms with Crippen molar-refractivity contribution in [2.24, 2.45) is 0 Å². The molecule has 1 heterocycles. The maximum absolute atomic E-state index is 13.5. The van der Waals surface area contributed by atoms with Crippen molar-refractivity contribution < 1.29 is 31.5 Å². The van der Waals surface area contributed by atoms with Crippen LogP contribution in [0.3, 0.4) is 0 Å². The first-order chi connectivity index (χ1) is 20.1. The van der Waals surface area contributed by atoms with Crippen molar-refractivity contribution in [1.29, 1.82) is 0 Å². The Morgan fingerprint density at radius 1 is 0.810 bits per heavy atom. The standard InChI is InChI=1S/C29H20BrF2N3O5S2/c1-40-24-15-2-17(30)16-25(24)42(38,39)34-21-9-13-23(14-10-21)41-27-26(33-20-7-3-18(31)4-8-20)28(36)35(29(27)37)22-11-5-19(32)6-12-22/h2-16,33-34H,1H3. The third-order valence-corrected chi connectivity index (χ3v) is 8.97. The number of imide groups is 1. The van der Waals surface area contributed by atoms with Gasteiger partial charge in [-0.3, -0.25) is 14.3 Å². The van der Waals surface area contributed by atoms with Gasteiger partial charge in [-0.05, 0) is 91.0 Å². The number of anilines is 3. The summed E-state index contributed by atoms with van der Waals surface area (Å²) in [6.45, 7) is 0. The van der Waals surface area contributed by atoms with Crippen LogP contribution in [0.4, 0.5) is 25.8 Å². The first-order valence-corrected chi connectivity index (χ1v) is 15.2. The van der Waals surface area contributed by atoms with Crippen LogP contribution in [0.15, 0.2) is 116 Å². The van der Waals surface area contributed by atoms with Gasteiger partial charge in [0.25, 0.3) is 21.8 Å². The molecule has 0 saturated heterocycles. The molecule has 42 heavy (non-hydrogen) atoms. The molecule has 2 N–H and O–H groups in total. The summed E-state index contributed by atoms with van der Waals surface area (Å²) in [5.41, 5.74) is 0.752. The molecule has 13 heteroatoms. The lowest BCUT2D eigenvalue weighted by Gasteiger charge is -2.15. The molecule has 1 aliphatic rings. The fraction of sp³-hybridized carbons (Fsp3) is 0.0345. The smallest absolute Gasteiger partial charge is 0.283 e. The van der Waals surface area contributed by atoms with Crippen LogP contribution in [0.25, 0.3) is 0 Å². The van der Waals surface area contributed by atoms with Crippen molar-refractivity contribution in [3.8, 4) is 5.75 Å². The predicted octanol–water partition coefficient (Wildman–Crippen LogP) is 6.53. The zero-order chi connectivity index (χ0) is 30.0. The number of rotatable bonds is 9. The van der Waals surface area contributed by atoms with Crippen molar-refractivity contribution >= 4 is 66.6 Å². The minimum Gasteiger partial charge on any atom is -0.495 e. The van der Waals surface area contributed by atoms with E-state index < -0.39 is 33.5 Å². The van der Waals surface area contributed by atoms with Gasteiger partial charge < -0.3 is 10.1 Å². The Balaban J connectivity index is 1.43. The number of nitrogens with one attached hydrogen (secondary N) is 2. The number of thioether (sulfide) groups is 1. The summed E-state index contributed by atoms with van der Waals surface area (Å²) in [5.74, 6) is -2.15. The number of sulfonamides is 1. The van der Waals surface area contributed by atoms with E-state index in [0.717, 1.165) is 28.8 Å². The van der Waals surface area contributed by atoms with Crippen LogP contribution in [0.2, 0.25) is 0 Å². The normalized spacial score (nSPS) is 13.5. The average molecular weight is 673 g/mol. The van der Waals surface area contributed by atoms with Crippen LogP contribution in [0.5, 0.6) is 5.75 Å². The van der Waals surface area contributed by atoms with E-state index in [0.29, 0.717) is 15.1 Å². The second-order valence-electron chi connectivity index (χ2n) is 8.79. The summed E-state index contributed by atoms with van der Waals surface area (Å²) >= 11 is 4.25. The summed E-state index contributed by atoms with van der Waals surface area (Å²) in [4.78, 5) is 28.3. The van der Waals surface area contributed by atoms with Gasteiger partial charge >= 0.3 is 0 Å². The fourth-order valence-corrected chi connectivity index (χ4v) is 6.69. The zero-order valence-electron chi connectivity index (χ0n) is 21.6. The molecule has 5 rings (SSSR count). The van der Waals surface area contributed by atoms with Crippen LogP contribution in [-0.2, 0) is 19.6 Å². The van der Waals surface area contributed by atoms with E-state index in [2.05, 4.69) is 26.0 Å². The SMILES string of the molecule is COc1ccc(Br)cc1S(=O)(=O)Nc1ccc(SC2=C(Nc3ccc(F)cc3)C(=O)N(c3ccc(F)cc3)C2=O)cc1. The summed E-state index contributed by atoms with van der Waals surface area (Å²) in [7, 11) is -2.64. The molecule has 8 nitrogen and oxygen atoms in total. The van der Waals surface area contributed by atoms with E-state index in [1.54, 1.807) is 18.2 Å². The third kappa shape index (κ3) is 6.17. The average Bonchev–Trinajstić information content (AvgIpc) is 3.19. The molecule has 1 aliphatic heterocycles. The lowest BCUT2D eigenvalue weighted by molar-refractivity contribution is -0.120. The molecule has 0 aliphatic carbocycles. The first kappa shape index (κ1) is 29.3. The summed E-state index contributed by atoms with van der Waals surface area (Å²) in [6.07, 6.45) is 0. The minimum atomic E-state index is -4.01. The number of ether oxygens (including phenoxy) is 1. The number of hydrogen-bond acceptors (Lipinski definition) is 7.